The lowest BCUT2D eigenvalue weighted by atomic mass is 10.1. The Bertz CT molecular complexity index is 767. The number of hydrogen-bond acceptors (Lipinski definition) is 5. The summed E-state index contributed by atoms with van der Waals surface area (Å²) in [6, 6.07) is 4.08. The largest absolute Gasteiger partial charge is 0.493 e. The van der Waals surface area contributed by atoms with E-state index in [9.17, 15) is 20.0 Å². The molecule has 8 nitrogen and oxygen atoms in total. The van der Waals surface area contributed by atoms with E-state index < -0.39 is 4.92 Å². The number of unbranched alkanes of at least 4 members (excludes halogenated alkanes) is 4. The number of carbonyl (C=O) groups excluding carboxylic acids is 1. The minimum atomic E-state index is -0.536. The number of nitrogens with zero attached hydrogens (tertiary/aromatic N) is 3. The minimum Gasteiger partial charge on any atom is -0.493 e. The lowest BCUT2D eigenvalue weighted by Crippen LogP contribution is -1.91. The monoisotopic (exact) mass is 332 g/mol. The summed E-state index contributed by atoms with van der Waals surface area (Å²) in [5, 5.41) is 28.4. The van der Waals surface area contributed by atoms with Crippen molar-refractivity contribution in [2.45, 2.75) is 45.4 Å². The molecule has 0 spiro atoms. The molecule has 0 aliphatic heterocycles. The first-order valence-corrected chi connectivity index (χ1v) is 7.96. The van der Waals surface area contributed by atoms with Crippen molar-refractivity contribution in [2.75, 3.05) is 0 Å². The van der Waals surface area contributed by atoms with Gasteiger partial charge in [-0.15, -0.1) is 10.2 Å². The fourth-order valence-electron chi connectivity index (χ4n) is 2.40. The predicted octanol–water partition coefficient (Wildman–Crippen LogP) is 4.75. The predicted molar refractivity (Wildman–Crippen MR) is 89.5 cm³/mol. The van der Waals surface area contributed by atoms with Gasteiger partial charge in [0.2, 0.25) is 5.88 Å². The molecule has 1 heterocycles. The van der Waals surface area contributed by atoms with Crippen molar-refractivity contribution in [3.8, 4) is 5.88 Å². The first kappa shape index (κ1) is 17.6. The molecule has 1 aromatic heterocycles. The van der Waals surface area contributed by atoms with Gasteiger partial charge in [0, 0.05) is 23.9 Å². The Morgan fingerprint density at radius 2 is 2.04 bits per heavy atom. The molecule has 0 bridgehead atoms. The van der Waals surface area contributed by atoms with E-state index >= 15 is 0 Å². The summed E-state index contributed by atoms with van der Waals surface area (Å²) >= 11 is 0. The number of nitro benzene ring substituents is 1. The van der Waals surface area contributed by atoms with Gasteiger partial charge in [0.25, 0.3) is 11.6 Å². The van der Waals surface area contributed by atoms with Gasteiger partial charge in [-0.1, -0.05) is 32.6 Å². The number of fused-ring (bicyclic) bond motifs is 1. The maximum Gasteiger partial charge on any atom is 0.270 e. The van der Waals surface area contributed by atoms with Crippen molar-refractivity contribution >= 4 is 28.2 Å². The van der Waals surface area contributed by atoms with Gasteiger partial charge in [-0.2, -0.15) is 0 Å². The van der Waals surface area contributed by atoms with Crippen LogP contribution in [-0.2, 0) is 4.79 Å². The molecule has 1 aromatic carbocycles. The number of non-ortho nitro benzene ring substituents is 1. The average molecular weight is 332 g/mol. The van der Waals surface area contributed by atoms with E-state index in [1.165, 1.54) is 18.2 Å². The molecule has 0 atom stereocenters. The van der Waals surface area contributed by atoms with Crippen LogP contribution in [-0.4, -0.2) is 20.9 Å². The number of rotatable bonds is 8. The second-order valence-electron chi connectivity index (χ2n) is 5.57. The minimum absolute atomic E-state index is 0.0352. The summed E-state index contributed by atoms with van der Waals surface area (Å²) < 4.78 is 0. The van der Waals surface area contributed by atoms with Crippen LogP contribution in [0, 0.1) is 10.1 Å². The molecule has 0 saturated heterocycles. The van der Waals surface area contributed by atoms with Crippen molar-refractivity contribution in [2.24, 2.45) is 10.2 Å². The van der Waals surface area contributed by atoms with E-state index in [1.54, 1.807) is 0 Å². The number of nitrogens with one attached hydrogen (secondary N) is 1. The molecular weight excluding hydrogens is 312 g/mol. The first-order valence-electron chi connectivity index (χ1n) is 7.96. The standard InChI is InChI=1S/C16H20N4O4/c1-2-3-4-5-6-7-14(21)18-19-15-12-10-11(20(23)24)8-9-13(12)17-16(15)22/h8-10,17,22H,2-7H2,1H3. The third-order valence-corrected chi connectivity index (χ3v) is 3.70. The number of benzene rings is 1. The molecule has 0 radical (unpaired) electrons. The number of aromatic hydroxyl groups is 1. The van der Waals surface area contributed by atoms with Crippen molar-refractivity contribution in [3.63, 3.8) is 0 Å². The zero-order chi connectivity index (χ0) is 17.5. The number of carbonyl (C=O) groups is 1. The van der Waals surface area contributed by atoms with Crippen molar-refractivity contribution in [3.05, 3.63) is 28.3 Å². The quantitative estimate of drug-likeness (QED) is 0.313. The topological polar surface area (TPSA) is 121 Å². The van der Waals surface area contributed by atoms with Crippen LogP contribution in [0.1, 0.15) is 45.4 Å². The van der Waals surface area contributed by atoms with Gasteiger partial charge in [-0.05, 0) is 12.5 Å². The summed E-state index contributed by atoms with van der Waals surface area (Å²) in [5.41, 5.74) is 0.396. The summed E-state index contributed by atoms with van der Waals surface area (Å²) in [4.78, 5) is 24.7. The third kappa shape index (κ3) is 4.37. The van der Waals surface area contributed by atoms with Crippen LogP contribution in [0.25, 0.3) is 10.9 Å². The molecule has 24 heavy (non-hydrogen) atoms. The summed E-state index contributed by atoms with van der Waals surface area (Å²) in [7, 11) is 0. The highest BCUT2D eigenvalue weighted by molar-refractivity contribution is 5.95. The van der Waals surface area contributed by atoms with Crippen molar-refractivity contribution < 1.29 is 14.8 Å². The molecule has 8 heteroatoms. The van der Waals surface area contributed by atoms with E-state index in [0.29, 0.717) is 17.3 Å². The number of azo groups is 1. The summed E-state index contributed by atoms with van der Waals surface area (Å²) in [6.45, 7) is 2.12. The fourth-order valence-corrected chi connectivity index (χ4v) is 2.40. The third-order valence-electron chi connectivity index (χ3n) is 3.70. The van der Waals surface area contributed by atoms with Gasteiger partial charge < -0.3 is 10.1 Å². The van der Waals surface area contributed by atoms with Crippen molar-refractivity contribution in [1.29, 1.82) is 0 Å². The Balaban J connectivity index is 2.08. The molecule has 128 valence electrons. The fraction of sp³-hybridized carbons (Fsp3) is 0.438. The van der Waals surface area contributed by atoms with Gasteiger partial charge in [0.05, 0.1) is 10.4 Å². The zero-order valence-electron chi connectivity index (χ0n) is 13.5. The lowest BCUT2D eigenvalue weighted by Gasteiger charge is -1.97. The maximum absolute atomic E-state index is 11.7. The van der Waals surface area contributed by atoms with Crippen LogP contribution in [0.15, 0.2) is 28.4 Å². The van der Waals surface area contributed by atoms with Crippen LogP contribution in [0.4, 0.5) is 11.4 Å². The zero-order valence-corrected chi connectivity index (χ0v) is 13.5. The number of aromatic nitrogens is 1. The molecule has 0 aliphatic carbocycles. The number of hydrogen-bond donors (Lipinski definition) is 2. The van der Waals surface area contributed by atoms with E-state index in [0.717, 1.165) is 32.1 Å². The lowest BCUT2D eigenvalue weighted by molar-refractivity contribution is -0.384. The van der Waals surface area contributed by atoms with Crippen LogP contribution >= 0.6 is 0 Å². The van der Waals surface area contributed by atoms with E-state index in [1.807, 2.05) is 0 Å². The molecule has 0 saturated carbocycles. The normalized spacial score (nSPS) is 11.4. The van der Waals surface area contributed by atoms with Gasteiger partial charge in [-0.3, -0.25) is 14.9 Å². The number of H-pyrrole nitrogens is 1. The number of aromatic amines is 1. The highest BCUT2D eigenvalue weighted by atomic mass is 16.6. The van der Waals surface area contributed by atoms with Crippen molar-refractivity contribution in [1.82, 2.24) is 4.98 Å². The molecule has 0 aliphatic rings. The molecule has 2 N–H and O–H groups in total. The Morgan fingerprint density at radius 1 is 1.29 bits per heavy atom. The molecule has 2 rings (SSSR count). The first-order chi connectivity index (χ1) is 11.5. The second-order valence-corrected chi connectivity index (χ2v) is 5.57. The Labute approximate surface area is 138 Å². The molecule has 0 unspecified atom stereocenters. The highest BCUT2D eigenvalue weighted by Crippen LogP contribution is 2.37. The molecule has 2 aromatic rings. The van der Waals surface area contributed by atoms with Crippen LogP contribution in [0.3, 0.4) is 0 Å². The van der Waals surface area contributed by atoms with Gasteiger partial charge in [0.15, 0.2) is 5.69 Å². The summed E-state index contributed by atoms with van der Waals surface area (Å²) in [6.07, 6.45) is 5.41. The second kappa shape index (κ2) is 8.19. The number of nitro groups is 1. The average Bonchev–Trinajstić information content (AvgIpc) is 2.87. The Morgan fingerprint density at radius 3 is 2.75 bits per heavy atom. The maximum atomic E-state index is 11.7. The van der Waals surface area contributed by atoms with E-state index in [2.05, 4.69) is 22.1 Å². The summed E-state index contributed by atoms with van der Waals surface area (Å²) in [5.74, 6) is -0.643. The van der Waals surface area contributed by atoms with Gasteiger partial charge in [-0.25, -0.2) is 0 Å². The van der Waals surface area contributed by atoms with Crippen LogP contribution in [0.2, 0.25) is 0 Å². The molecular formula is C16H20N4O4. The Kier molecular flexibility index (Phi) is 6.00. The van der Waals surface area contributed by atoms with E-state index in [-0.39, 0.29) is 23.2 Å². The highest BCUT2D eigenvalue weighted by Gasteiger charge is 2.15. The molecule has 0 fully saturated rings. The SMILES string of the molecule is CCCCCCCC(=O)N=Nc1c(O)[nH]c2ccc([N+](=O)[O-])cc12. The number of amides is 1. The molecule has 1 amide bonds. The Hall–Kier alpha value is -2.77. The smallest absolute Gasteiger partial charge is 0.270 e. The van der Waals surface area contributed by atoms with Crippen LogP contribution < -0.4 is 0 Å². The van der Waals surface area contributed by atoms with Crippen LogP contribution in [0.5, 0.6) is 5.88 Å². The van der Waals surface area contributed by atoms with Gasteiger partial charge in [0.1, 0.15) is 0 Å². The van der Waals surface area contributed by atoms with E-state index in [4.69, 9.17) is 0 Å². The van der Waals surface area contributed by atoms with Gasteiger partial charge >= 0.3 is 0 Å².